The van der Waals surface area contributed by atoms with Crippen molar-refractivity contribution in [3.8, 4) is 0 Å². The van der Waals surface area contributed by atoms with E-state index in [0.717, 1.165) is 23.0 Å². The topological polar surface area (TPSA) is 77.4 Å². The van der Waals surface area contributed by atoms with Gasteiger partial charge in [0.05, 0.1) is 0 Å². The number of aromatic nitrogens is 1. The Hall–Kier alpha value is -2.89. The first-order chi connectivity index (χ1) is 12.6. The summed E-state index contributed by atoms with van der Waals surface area (Å²) in [5.41, 5.74) is 0.897. The first kappa shape index (κ1) is 17.9. The average molecular weight is 354 g/mol. The second-order valence-electron chi connectivity index (χ2n) is 6.47. The molecule has 26 heavy (non-hydrogen) atoms. The van der Waals surface area contributed by atoms with Gasteiger partial charge in [-0.05, 0) is 36.6 Å². The third-order valence-corrected chi connectivity index (χ3v) is 4.54. The molecule has 6 nitrogen and oxygen atoms in total. The summed E-state index contributed by atoms with van der Waals surface area (Å²) < 4.78 is 6.05. The van der Waals surface area contributed by atoms with Crippen LogP contribution in [0.25, 0.3) is 0 Å². The van der Waals surface area contributed by atoms with Crippen molar-refractivity contribution in [2.24, 2.45) is 0 Å². The summed E-state index contributed by atoms with van der Waals surface area (Å²) >= 11 is 0. The zero-order chi connectivity index (χ0) is 18.4. The molecule has 2 aromatic rings. The van der Waals surface area contributed by atoms with Crippen molar-refractivity contribution >= 4 is 12.0 Å². The smallest absolute Gasteiger partial charge is 0.421 e. The van der Waals surface area contributed by atoms with E-state index in [-0.39, 0.29) is 18.6 Å². The molecule has 0 saturated heterocycles. The van der Waals surface area contributed by atoms with Crippen LogP contribution in [-0.2, 0) is 11.3 Å². The Morgan fingerprint density at radius 3 is 2.46 bits per heavy atom. The molecule has 6 heteroatoms. The lowest BCUT2D eigenvalue weighted by Crippen LogP contribution is -2.36. The first-order valence-electron chi connectivity index (χ1n) is 8.88. The van der Waals surface area contributed by atoms with Crippen LogP contribution in [-0.4, -0.2) is 22.6 Å². The van der Waals surface area contributed by atoms with Crippen LogP contribution in [0.15, 0.2) is 53.5 Å². The minimum atomic E-state index is -0.727. The van der Waals surface area contributed by atoms with Crippen molar-refractivity contribution in [1.29, 1.82) is 0 Å². The van der Waals surface area contributed by atoms with Gasteiger partial charge in [-0.2, -0.15) is 0 Å². The molecule has 136 valence electrons. The van der Waals surface area contributed by atoms with Crippen molar-refractivity contribution in [2.45, 2.75) is 44.8 Å². The van der Waals surface area contributed by atoms with Crippen LogP contribution < -0.4 is 10.9 Å². The van der Waals surface area contributed by atoms with Crippen molar-refractivity contribution in [3.05, 3.63) is 70.1 Å². The highest BCUT2D eigenvalue weighted by atomic mass is 16.5. The molecular weight excluding hydrogens is 332 g/mol. The molecule has 0 spiro atoms. The van der Waals surface area contributed by atoms with Gasteiger partial charge in [-0.15, -0.1) is 0 Å². The normalized spacial score (nSPS) is 14.6. The molecule has 1 amide bonds. The Morgan fingerprint density at radius 2 is 1.77 bits per heavy atom. The number of carbonyl (C=O) groups excluding carboxylic acids is 2. The maximum absolute atomic E-state index is 12.3. The number of carbonyl (C=O) groups is 2. The predicted octanol–water partition coefficient (Wildman–Crippen LogP) is 3.10. The number of nitrogens with one attached hydrogen (secondary N) is 1. The van der Waals surface area contributed by atoms with E-state index in [1.54, 1.807) is 36.4 Å². The third-order valence-electron chi connectivity index (χ3n) is 4.54. The summed E-state index contributed by atoms with van der Waals surface area (Å²) in [5, 5.41) is 3.07. The Labute approximate surface area is 151 Å². The van der Waals surface area contributed by atoms with Gasteiger partial charge in [0.15, 0.2) is 0 Å². The molecule has 1 aromatic heterocycles. The van der Waals surface area contributed by atoms with E-state index in [9.17, 15) is 14.4 Å². The number of rotatable bonds is 4. The van der Waals surface area contributed by atoms with Crippen LogP contribution in [0.3, 0.4) is 0 Å². The Bertz CT molecular complexity index is 820. The van der Waals surface area contributed by atoms with Crippen molar-refractivity contribution in [2.75, 3.05) is 0 Å². The van der Waals surface area contributed by atoms with Gasteiger partial charge in [-0.3, -0.25) is 9.59 Å². The van der Waals surface area contributed by atoms with E-state index in [1.807, 2.05) is 0 Å². The predicted molar refractivity (Wildman–Crippen MR) is 97.1 cm³/mol. The molecule has 0 atom stereocenters. The van der Waals surface area contributed by atoms with Crippen LogP contribution >= 0.6 is 0 Å². The SMILES string of the molecule is O=C(NC1CCCCC1)c1ccc(COC(=O)n2ccccc2=O)cc1. The van der Waals surface area contributed by atoms with E-state index in [0.29, 0.717) is 5.56 Å². The van der Waals surface area contributed by atoms with Gasteiger partial charge in [0.2, 0.25) is 0 Å². The Balaban J connectivity index is 1.54. The number of hydrogen-bond donors (Lipinski definition) is 1. The van der Waals surface area contributed by atoms with Gasteiger partial charge in [0, 0.05) is 23.9 Å². The minimum absolute atomic E-state index is 0.0324. The molecule has 3 rings (SSSR count). The lowest BCUT2D eigenvalue weighted by molar-refractivity contribution is 0.0927. The van der Waals surface area contributed by atoms with Gasteiger partial charge in [-0.25, -0.2) is 9.36 Å². The molecule has 1 fully saturated rings. The third kappa shape index (κ3) is 4.59. The van der Waals surface area contributed by atoms with Crippen LogP contribution in [0.1, 0.15) is 48.0 Å². The Morgan fingerprint density at radius 1 is 1.04 bits per heavy atom. The summed E-state index contributed by atoms with van der Waals surface area (Å²) in [4.78, 5) is 35.8. The summed E-state index contributed by atoms with van der Waals surface area (Å²) in [6, 6.07) is 11.6. The zero-order valence-electron chi connectivity index (χ0n) is 14.5. The fourth-order valence-corrected chi connectivity index (χ4v) is 3.06. The minimum Gasteiger partial charge on any atom is -0.444 e. The van der Waals surface area contributed by atoms with Crippen LogP contribution in [0.5, 0.6) is 0 Å². The van der Waals surface area contributed by atoms with E-state index >= 15 is 0 Å². The summed E-state index contributed by atoms with van der Waals surface area (Å²) in [5.74, 6) is -0.0729. The highest BCUT2D eigenvalue weighted by molar-refractivity contribution is 5.94. The fraction of sp³-hybridized carbons (Fsp3) is 0.350. The summed E-state index contributed by atoms with van der Waals surface area (Å²) in [7, 11) is 0. The number of nitrogens with zero attached hydrogens (tertiary/aromatic N) is 1. The quantitative estimate of drug-likeness (QED) is 0.915. The number of amides is 1. The molecule has 1 saturated carbocycles. The zero-order valence-corrected chi connectivity index (χ0v) is 14.5. The van der Waals surface area contributed by atoms with Gasteiger partial charge in [0.25, 0.3) is 11.5 Å². The van der Waals surface area contributed by atoms with E-state index in [1.165, 1.54) is 31.5 Å². The molecule has 1 aromatic carbocycles. The molecule has 0 radical (unpaired) electrons. The lowest BCUT2D eigenvalue weighted by Gasteiger charge is -2.22. The Kier molecular flexibility index (Phi) is 5.84. The average Bonchev–Trinajstić information content (AvgIpc) is 2.67. The number of pyridine rings is 1. The number of benzene rings is 1. The van der Waals surface area contributed by atoms with E-state index in [2.05, 4.69) is 5.32 Å². The molecule has 1 heterocycles. The van der Waals surface area contributed by atoms with E-state index in [4.69, 9.17) is 4.74 Å². The van der Waals surface area contributed by atoms with Crippen molar-refractivity contribution < 1.29 is 14.3 Å². The monoisotopic (exact) mass is 354 g/mol. The highest BCUT2D eigenvalue weighted by Gasteiger charge is 2.16. The molecule has 0 bridgehead atoms. The lowest BCUT2D eigenvalue weighted by atomic mass is 9.95. The van der Waals surface area contributed by atoms with Crippen LogP contribution in [0, 0.1) is 0 Å². The second kappa shape index (κ2) is 8.47. The molecule has 1 aliphatic rings. The molecular formula is C20H22N2O4. The van der Waals surface area contributed by atoms with Crippen molar-refractivity contribution in [3.63, 3.8) is 0 Å². The summed E-state index contributed by atoms with van der Waals surface area (Å²) in [6.07, 6.45) is 6.30. The van der Waals surface area contributed by atoms with E-state index < -0.39 is 11.7 Å². The number of ether oxygens (including phenoxy) is 1. The van der Waals surface area contributed by atoms with Crippen molar-refractivity contribution in [1.82, 2.24) is 9.88 Å². The fourth-order valence-electron chi connectivity index (χ4n) is 3.06. The van der Waals surface area contributed by atoms with Gasteiger partial charge < -0.3 is 10.1 Å². The first-order valence-corrected chi connectivity index (χ1v) is 8.88. The van der Waals surface area contributed by atoms with Crippen LogP contribution in [0.4, 0.5) is 4.79 Å². The molecule has 0 aliphatic heterocycles. The second-order valence-corrected chi connectivity index (χ2v) is 6.47. The number of hydrogen-bond acceptors (Lipinski definition) is 4. The van der Waals surface area contributed by atoms with Crippen LogP contribution in [0.2, 0.25) is 0 Å². The largest absolute Gasteiger partial charge is 0.444 e. The van der Waals surface area contributed by atoms with Gasteiger partial charge >= 0.3 is 6.09 Å². The molecule has 1 N–H and O–H groups in total. The van der Waals surface area contributed by atoms with Gasteiger partial charge in [0.1, 0.15) is 6.61 Å². The molecule has 1 aliphatic carbocycles. The highest BCUT2D eigenvalue weighted by Crippen LogP contribution is 2.18. The maximum atomic E-state index is 12.3. The summed E-state index contributed by atoms with van der Waals surface area (Å²) in [6.45, 7) is 0.0324. The standard InChI is InChI=1S/C20H22N2O4/c23-18-8-4-5-13-22(18)20(25)26-14-15-9-11-16(12-10-15)19(24)21-17-6-2-1-3-7-17/h4-5,8-13,17H,1-3,6-7,14H2,(H,21,24). The molecule has 0 unspecified atom stereocenters. The maximum Gasteiger partial charge on any atom is 0.421 e. The van der Waals surface area contributed by atoms with Gasteiger partial charge in [-0.1, -0.05) is 37.5 Å².